The molecule has 0 bridgehead atoms. The van der Waals surface area contributed by atoms with Gasteiger partial charge in [0.2, 0.25) is 0 Å². The summed E-state index contributed by atoms with van der Waals surface area (Å²) in [5.41, 5.74) is 0.824. The van der Waals surface area contributed by atoms with Gasteiger partial charge in [-0.1, -0.05) is 0 Å². The van der Waals surface area contributed by atoms with Crippen molar-refractivity contribution in [2.75, 3.05) is 0 Å². The molecule has 17 heavy (non-hydrogen) atoms. The highest BCUT2D eigenvalue weighted by Gasteiger charge is 2.07. The molecule has 0 fully saturated rings. The van der Waals surface area contributed by atoms with Gasteiger partial charge < -0.3 is 0 Å². The zero-order valence-electron chi connectivity index (χ0n) is 8.58. The number of rotatable bonds is 2. The van der Waals surface area contributed by atoms with Crippen LogP contribution in [0, 0.1) is 5.82 Å². The van der Waals surface area contributed by atoms with E-state index in [0.29, 0.717) is 6.54 Å². The van der Waals surface area contributed by atoms with E-state index >= 15 is 0 Å². The predicted octanol–water partition coefficient (Wildman–Crippen LogP) is 2.50. The van der Waals surface area contributed by atoms with Crippen LogP contribution in [0.4, 0.5) is 4.39 Å². The predicted molar refractivity (Wildman–Crippen MR) is 66.0 cm³/mol. The summed E-state index contributed by atoms with van der Waals surface area (Å²) in [5, 5.41) is 4.84. The summed E-state index contributed by atoms with van der Waals surface area (Å²) in [6.07, 6.45) is 3.08. The lowest BCUT2D eigenvalue weighted by atomic mass is 10.2. The zero-order valence-corrected chi connectivity index (χ0v) is 10.2. The van der Waals surface area contributed by atoms with Gasteiger partial charge in [0.25, 0.3) is 0 Å². The summed E-state index contributed by atoms with van der Waals surface area (Å²) in [5.74, 6) is -0.243. The van der Waals surface area contributed by atoms with Crippen LogP contribution in [0.2, 0.25) is 0 Å². The van der Waals surface area contributed by atoms with E-state index in [1.807, 2.05) is 0 Å². The molecule has 2 aromatic heterocycles. The molecule has 0 saturated carbocycles. The van der Waals surface area contributed by atoms with Gasteiger partial charge in [0, 0.05) is 5.39 Å². The Bertz CT molecular complexity index is 622. The van der Waals surface area contributed by atoms with Gasteiger partial charge in [0.05, 0.1) is 16.9 Å². The second-order valence-corrected chi connectivity index (χ2v) is 4.17. The van der Waals surface area contributed by atoms with Crippen LogP contribution in [0.25, 0.3) is 10.1 Å². The van der Waals surface area contributed by atoms with Crippen molar-refractivity contribution in [3.8, 4) is 0 Å². The summed E-state index contributed by atoms with van der Waals surface area (Å²) in [6.45, 7) is 0.517. The van der Waals surface area contributed by atoms with Gasteiger partial charge in [-0.25, -0.2) is 14.1 Å². The van der Waals surface area contributed by atoms with Gasteiger partial charge >= 0.3 is 0 Å². The molecule has 0 radical (unpaired) electrons. The van der Waals surface area contributed by atoms with E-state index in [1.165, 1.54) is 30.0 Å². The molecule has 0 amide bonds. The lowest BCUT2D eigenvalue weighted by Gasteiger charge is -1.97. The molecule has 0 saturated heterocycles. The topological polar surface area (TPSA) is 43.6 Å². The Morgan fingerprint density at radius 2 is 2.24 bits per heavy atom. The SMILES string of the molecule is Cl.Fc1ccc2snc(Cn3cncn3)c2c1. The minimum atomic E-state index is -0.243. The molecule has 88 valence electrons. The van der Waals surface area contributed by atoms with Gasteiger partial charge in [-0.15, -0.1) is 12.4 Å². The average molecular weight is 271 g/mol. The molecular formula is C10H8ClFN4S. The van der Waals surface area contributed by atoms with E-state index in [1.54, 1.807) is 17.1 Å². The maximum atomic E-state index is 13.1. The van der Waals surface area contributed by atoms with Crippen LogP contribution in [0.5, 0.6) is 0 Å². The summed E-state index contributed by atoms with van der Waals surface area (Å²) in [7, 11) is 0. The molecule has 3 aromatic rings. The molecule has 0 spiro atoms. The van der Waals surface area contributed by atoms with Gasteiger partial charge in [-0.3, -0.25) is 0 Å². The van der Waals surface area contributed by atoms with Gasteiger partial charge in [-0.05, 0) is 29.7 Å². The van der Waals surface area contributed by atoms with Crippen LogP contribution in [-0.2, 0) is 6.54 Å². The number of nitrogens with zero attached hydrogens (tertiary/aromatic N) is 4. The average Bonchev–Trinajstić information content (AvgIpc) is 2.90. The van der Waals surface area contributed by atoms with E-state index in [9.17, 15) is 4.39 Å². The third-order valence-corrected chi connectivity index (χ3v) is 3.15. The Morgan fingerprint density at radius 1 is 1.35 bits per heavy atom. The Hall–Kier alpha value is -1.53. The molecule has 0 aliphatic heterocycles. The van der Waals surface area contributed by atoms with Gasteiger partial charge in [0.1, 0.15) is 18.5 Å². The maximum Gasteiger partial charge on any atom is 0.137 e. The molecule has 3 rings (SSSR count). The molecule has 0 aliphatic rings. The van der Waals surface area contributed by atoms with Crippen LogP contribution < -0.4 is 0 Å². The molecular weight excluding hydrogens is 263 g/mol. The molecule has 7 heteroatoms. The highest BCUT2D eigenvalue weighted by Crippen LogP contribution is 2.23. The Labute approximate surface area is 107 Å². The highest BCUT2D eigenvalue weighted by atomic mass is 35.5. The maximum absolute atomic E-state index is 13.1. The van der Waals surface area contributed by atoms with Crippen molar-refractivity contribution >= 4 is 34.0 Å². The van der Waals surface area contributed by atoms with Crippen molar-refractivity contribution in [3.05, 3.63) is 42.4 Å². The third kappa shape index (κ3) is 2.27. The van der Waals surface area contributed by atoms with E-state index in [2.05, 4.69) is 14.5 Å². The fraction of sp³-hybridized carbons (Fsp3) is 0.100. The molecule has 0 N–H and O–H groups in total. The summed E-state index contributed by atoms with van der Waals surface area (Å²) >= 11 is 1.37. The molecule has 0 atom stereocenters. The first-order chi connectivity index (χ1) is 7.83. The second-order valence-electron chi connectivity index (χ2n) is 3.36. The number of aromatic nitrogens is 4. The van der Waals surface area contributed by atoms with Crippen molar-refractivity contribution in [3.63, 3.8) is 0 Å². The first-order valence-corrected chi connectivity index (χ1v) is 5.46. The number of benzene rings is 1. The number of fused-ring (bicyclic) bond motifs is 1. The largest absolute Gasteiger partial charge is 0.247 e. The summed E-state index contributed by atoms with van der Waals surface area (Å²) in [6, 6.07) is 4.69. The summed E-state index contributed by atoms with van der Waals surface area (Å²) < 4.78 is 20.1. The fourth-order valence-electron chi connectivity index (χ4n) is 1.54. The van der Waals surface area contributed by atoms with Crippen molar-refractivity contribution in [2.45, 2.75) is 6.54 Å². The van der Waals surface area contributed by atoms with Crippen LogP contribution >= 0.6 is 23.9 Å². The van der Waals surface area contributed by atoms with Gasteiger partial charge in [-0.2, -0.15) is 9.47 Å². The first kappa shape index (κ1) is 11.9. The van der Waals surface area contributed by atoms with Crippen molar-refractivity contribution in [1.29, 1.82) is 0 Å². The minimum absolute atomic E-state index is 0. The fourth-order valence-corrected chi connectivity index (χ4v) is 2.31. The minimum Gasteiger partial charge on any atom is -0.247 e. The van der Waals surface area contributed by atoms with E-state index in [0.717, 1.165) is 15.8 Å². The Kier molecular flexibility index (Phi) is 3.35. The quantitative estimate of drug-likeness (QED) is 0.719. The number of halogens is 2. The zero-order chi connectivity index (χ0) is 11.0. The monoisotopic (exact) mass is 270 g/mol. The van der Waals surface area contributed by atoms with Crippen molar-refractivity contribution in [2.24, 2.45) is 0 Å². The van der Waals surface area contributed by atoms with E-state index in [4.69, 9.17) is 0 Å². The first-order valence-electron chi connectivity index (χ1n) is 4.69. The molecule has 0 unspecified atom stereocenters. The lowest BCUT2D eigenvalue weighted by Crippen LogP contribution is -2.00. The van der Waals surface area contributed by atoms with Gasteiger partial charge in [0.15, 0.2) is 0 Å². The molecule has 1 aromatic carbocycles. The highest BCUT2D eigenvalue weighted by molar-refractivity contribution is 7.13. The Morgan fingerprint density at radius 3 is 3.00 bits per heavy atom. The normalized spacial score (nSPS) is 10.4. The lowest BCUT2D eigenvalue weighted by molar-refractivity contribution is 0.629. The van der Waals surface area contributed by atoms with Crippen molar-refractivity contribution < 1.29 is 4.39 Å². The summed E-state index contributed by atoms with van der Waals surface area (Å²) in [4.78, 5) is 3.85. The van der Waals surface area contributed by atoms with Crippen LogP contribution in [-0.4, -0.2) is 19.1 Å². The number of hydrogen-bond acceptors (Lipinski definition) is 4. The van der Waals surface area contributed by atoms with Crippen LogP contribution in [0.1, 0.15) is 5.69 Å². The third-order valence-electron chi connectivity index (χ3n) is 2.29. The van der Waals surface area contributed by atoms with Crippen molar-refractivity contribution in [1.82, 2.24) is 19.1 Å². The van der Waals surface area contributed by atoms with Crippen LogP contribution in [0.3, 0.4) is 0 Å². The molecule has 0 aliphatic carbocycles. The smallest absolute Gasteiger partial charge is 0.137 e. The number of hydrogen-bond donors (Lipinski definition) is 0. The second kappa shape index (κ2) is 4.77. The van der Waals surface area contributed by atoms with E-state index in [-0.39, 0.29) is 18.2 Å². The standard InChI is InChI=1S/C10H7FN4S.ClH/c11-7-1-2-10-8(3-7)9(14-16-10)4-15-6-12-5-13-15;/h1-3,5-6H,4H2;1H. The molecule has 2 heterocycles. The van der Waals surface area contributed by atoms with Crippen LogP contribution in [0.15, 0.2) is 30.9 Å². The molecule has 4 nitrogen and oxygen atoms in total. The van der Waals surface area contributed by atoms with E-state index < -0.39 is 0 Å². The Balaban J connectivity index is 0.00000108.